The van der Waals surface area contributed by atoms with Crippen LogP contribution in [-0.2, 0) is 9.36 Å². The molecule has 130 valence electrons. The van der Waals surface area contributed by atoms with Crippen LogP contribution in [0.25, 0.3) is 0 Å². The summed E-state index contributed by atoms with van der Waals surface area (Å²) in [4.78, 5) is 30.2. The third kappa shape index (κ3) is 4.96. The van der Waals surface area contributed by atoms with Gasteiger partial charge in [0, 0.05) is 17.8 Å². The second kappa shape index (κ2) is 7.21. The van der Waals surface area contributed by atoms with Crippen LogP contribution in [0.4, 0.5) is 0 Å². The third-order valence-electron chi connectivity index (χ3n) is 3.94. The van der Waals surface area contributed by atoms with Crippen LogP contribution in [0.15, 0.2) is 47.9 Å². The zero-order valence-electron chi connectivity index (χ0n) is 13.1. The van der Waals surface area contributed by atoms with Gasteiger partial charge < -0.3 is 20.0 Å². The normalized spacial score (nSPS) is 19.5. The van der Waals surface area contributed by atoms with Gasteiger partial charge in [-0.25, -0.2) is 4.57 Å². The Kier molecular flexibility index (Phi) is 5.49. The van der Waals surface area contributed by atoms with Gasteiger partial charge in [0.05, 0.1) is 5.92 Å². The SMILES string of the molecule is CC(CCC1C(=O)C=C(O)C=C1NP(=O)(O)O)c1ccc(O)cc1. The van der Waals surface area contributed by atoms with Gasteiger partial charge in [-0.15, -0.1) is 0 Å². The monoisotopic (exact) mass is 353 g/mol. The number of benzene rings is 1. The molecule has 1 aliphatic rings. The maximum Gasteiger partial charge on any atom is 0.427 e. The molecule has 0 bridgehead atoms. The van der Waals surface area contributed by atoms with Crippen LogP contribution in [0.3, 0.4) is 0 Å². The molecule has 0 aromatic heterocycles. The number of hydrogen-bond donors (Lipinski definition) is 5. The number of nitrogens with one attached hydrogen (secondary N) is 1. The van der Waals surface area contributed by atoms with Crippen molar-refractivity contribution in [2.75, 3.05) is 0 Å². The smallest absolute Gasteiger partial charge is 0.427 e. The van der Waals surface area contributed by atoms with E-state index in [4.69, 9.17) is 9.79 Å². The Morgan fingerprint density at radius 1 is 1.17 bits per heavy atom. The number of ketones is 1. The van der Waals surface area contributed by atoms with E-state index in [2.05, 4.69) is 0 Å². The molecule has 0 heterocycles. The van der Waals surface area contributed by atoms with Gasteiger partial charge in [-0.3, -0.25) is 9.88 Å². The van der Waals surface area contributed by atoms with Crippen molar-refractivity contribution >= 4 is 13.5 Å². The van der Waals surface area contributed by atoms with Crippen molar-refractivity contribution in [3.05, 3.63) is 53.4 Å². The van der Waals surface area contributed by atoms with Gasteiger partial charge in [0.15, 0.2) is 5.78 Å². The van der Waals surface area contributed by atoms with Gasteiger partial charge in [0.25, 0.3) is 0 Å². The molecule has 2 rings (SSSR count). The van der Waals surface area contributed by atoms with Crippen LogP contribution < -0.4 is 5.09 Å². The Morgan fingerprint density at radius 3 is 2.38 bits per heavy atom. The zero-order valence-corrected chi connectivity index (χ0v) is 14.0. The van der Waals surface area contributed by atoms with Crippen molar-refractivity contribution in [1.29, 1.82) is 0 Å². The van der Waals surface area contributed by atoms with Gasteiger partial charge in [-0.1, -0.05) is 19.1 Å². The fraction of sp³-hybridized carbons (Fsp3) is 0.312. The molecule has 7 nitrogen and oxygen atoms in total. The number of allylic oxidation sites excluding steroid dienone is 3. The van der Waals surface area contributed by atoms with E-state index in [9.17, 15) is 19.6 Å². The van der Waals surface area contributed by atoms with Crippen LogP contribution in [0.1, 0.15) is 31.2 Å². The van der Waals surface area contributed by atoms with Crippen LogP contribution in [0, 0.1) is 5.92 Å². The fourth-order valence-electron chi connectivity index (χ4n) is 2.66. The molecule has 0 aliphatic heterocycles. The molecule has 1 aromatic carbocycles. The molecule has 24 heavy (non-hydrogen) atoms. The lowest BCUT2D eigenvalue weighted by atomic mass is 9.86. The second-order valence-electron chi connectivity index (χ2n) is 5.85. The summed E-state index contributed by atoms with van der Waals surface area (Å²) < 4.78 is 11.2. The second-order valence-corrected chi connectivity index (χ2v) is 7.16. The summed E-state index contributed by atoms with van der Waals surface area (Å²) in [6.45, 7) is 1.97. The molecule has 0 fully saturated rings. The summed E-state index contributed by atoms with van der Waals surface area (Å²) in [5, 5.41) is 20.8. The van der Waals surface area contributed by atoms with Gasteiger partial charge in [-0.2, -0.15) is 0 Å². The zero-order chi connectivity index (χ0) is 17.9. The number of aliphatic hydroxyl groups excluding tert-OH is 1. The first-order valence-corrected chi connectivity index (χ1v) is 9.06. The lowest BCUT2D eigenvalue weighted by molar-refractivity contribution is -0.117. The summed E-state index contributed by atoms with van der Waals surface area (Å²) in [5.41, 5.74) is 1.01. The summed E-state index contributed by atoms with van der Waals surface area (Å²) in [7, 11) is -4.57. The summed E-state index contributed by atoms with van der Waals surface area (Å²) >= 11 is 0. The van der Waals surface area contributed by atoms with Gasteiger partial charge in [0.2, 0.25) is 0 Å². The summed E-state index contributed by atoms with van der Waals surface area (Å²) in [6, 6.07) is 6.75. The number of rotatable bonds is 6. The molecule has 8 heteroatoms. The predicted octanol–water partition coefficient (Wildman–Crippen LogP) is 2.48. The molecule has 1 aromatic rings. The Morgan fingerprint density at radius 2 is 1.79 bits per heavy atom. The number of aliphatic hydroxyl groups is 1. The van der Waals surface area contributed by atoms with E-state index < -0.39 is 19.4 Å². The quantitative estimate of drug-likeness (QED) is 0.497. The van der Waals surface area contributed by atoms with E-state index in [1.54, 1.807) is 24.3 Å². The van der Waals surface area contributed by atoms with E-state index in [1.807, 2.05) is 12.0 Å². The average molecular weight is 353 g/mol. The van der Waals surface area contributed by atoms with Crippen LogP contribution in [0.2, 0.25) is 0 Å². The Bertz CT molecular complexity index is 719. The first kappa shape index (κ1) is 18.3. The van der Waals surface area contributed by atoms with E-state index in [1.165, 1.54) is 0 Å². The largest absolute Gasteiger partial charge is 0.508 e. The molecular weight excluding hydrogens is 333 g/mol. The number of carbonyl (C=O) groups is 1. The van der Waals surface area contributed by atoms with E-state index >= 15 is 0 Å². The Hall–Kier alpha value is -2.08. The molecular formula is C16H20NO6P. The molecule has 5 N–H and O–H groups in total. The topological polar surface area (TPSA) is 127 Å². The summed E-state index contributed by atoms with van der Waals surface area (Å²) in [6.07, 6.45) is 3.18. The molecule has 0 amide bonds. The number of hydrogen-bond acceptors (Lipinski definition) is 4. The Balaban J connectivity index is 2.08. The van der Waals surface area contributed by atoms with Crippen molar-refractivity contribution in [2.45, 2.75) is 25.7 Å². The van der Waals surface area contributed by atoms with Crippen molar-refractivity contribution in [3.8, 4) is 5.75 Å². The minimum Gasteiger partial charge on any atom is -0.508 e. The van der Waals surface area contributed by atoms with Crippen molar-refractivity contribution in [1.82, 2.24) is 5.09 Å². The van der Waals surface area contributed by atoms with E-state index in [-0.39, 0.29) is 23.1 Å². The van der Waals surface area contributed by atoms with Crippen molar-refractivity contribution < 1.29 is 29.4 Å². The average Bonchev–Trinajstić information content (AvgIpc) is 2.45. The standard InChI is InChI=1S/C16H20NO6P/c1-10(11-3-5-12(18)6-4-11)2-7-14-15(17-24(21,22)23)8-13(19)9-16(14)20/h3-6,8-10,14,18-19H,2,7H2,1H3,(H3,17,21,22,23). The number of phenolic OH excluding ortho intramolecular Hbond substituents is 1. The fourth-order valence-corrected chi connectivity index (χ4v) is 3.22. The maximum absolute atomic E-state index is 12.1. The highest BCUT2D eigenvalue weighted by molar-refractivity contribution is 7.49. The number of phenols is 1. The first-order valence-electron chi connectivity index (χ1n) is 7.44. The highest BCUT2D eigenvalue weighted by atomic mass is 31.2. The van der Waals surface area contributed by atoms with Crippen LogP contribution in [0.5, 0.6) is 5.75 Å². The minimum absolute atomic E-state index is 0.0197. The number of carbonyl (C=O) groups excluding carboxylic acids is 1. The molecule has 2 atom stereocenters. The van der Waals surface area contributed by atoms with Crippen molar-refractivity contribution in [2.24, 2.45) is 5.92 Å². The lowest BCUT2D eigenvalue weighted by Gasteiger charge is -2.24. The molecule has 0 spiro atoms. The highest BCUT2D eigenvalue weighted by Crippen LogP contribution is 2.36. The van der Waals surface area contributed by atoms with Gasteiger partial charge in [-0.05, 0) is 36.5 Å². The van der Waals surface area contributed by atoms with Crippen LogP contribution in [-0.4, -0.2) is 25.8 Å². The predicted molar refractivity (Wildman–Crippen MR) is 88.2 cm³/mol. The third-order valence-corrected chi connectivity index (χ3v) is 4.49. The maximum atomic E-state index is 12.1. The van der Waals surface area contributed by atoms with Crippen LogP contribution >= 0.6 is 7.75 Å². The molecule has 0 saturated carbocycles. The summed E-state index contributed by atoms with van der Waals surface area (Å²) in [5.74, 6) is -1.21. The van der Waals surface area contributed by atoms with Crippen molar-refractivity contribution in [3.63, 3.8) is 0 Å². The minimum atomic E-state index is -4.57. The highest BCUT2D eigenvalue weighted by Gasteiger charge is 2.29. The van der Waals surface area contributed by atoms with E-state index in [0.29, 0.717) is 12.8 Å². The first-order chi connectivity index (χ1) is 11.2. The number of aromatic hydroxyl groups is 1. The lowest BCUT2D eigenvalue weighted by Crippen LogP contribution is -2.27. The van der Waals surface area contributed by atoms with Gasteiger partial charge in [0.1, 0.15) is 11.5 Å². The van der Waals surface area contributed by atoms with Gasteiger partial charge >= 0.3 is 7.75 Å². The Labute approximate surface area is 139 Å². The molecule has 0 radical (unpaired) electrons. The molecule has 2 unspecified atom stereocenters. The molecule has 0 saturated heterocycles. The molecule has 1 aliphatic carbocycles. The van der Waals surface area contributed by atoms with E-state index in [0.717, 1.165) is 17.7 Å².